The summed E-state index contributed by atoms with van der Waals surface area (Å²) in [4.78, 5) is 30.4. The average molecular weight is 388 g/mol. The summed E-state index contributed by atoms with van der Waals surface area (Å²) in [6, 6.07) is 17.6. The molecule has 1 aliphatic rings. The lowest BCUT2D eigenvalue weighted by Gasteiger charge is -2.36. The van der Waals surface area contributed by atoms with E-state index < -0.39 is 0 Å². The molecule has 0 aliphatic carbocycles. The number of piperazine rings is 1. The number of amides is 1. The number of aromatic nitrogens is 3. The summed E-state index contributed by atoms with van der Waals surface area (Å²) in [6.45, 7) is 5.64. The first-order valence-corrected chi connectivity index (χ1v) is 9.78. The molecule has 1 amide bonds. The van der Waals surface area contributed by atoms with Gasteiger partial charge in [0.25, 0.3) is 5.91 Å². The summed E-state index contributed by atoms with van der Waals surface area (Å²) in [5.41, 5.74) is 1.45. The van der Waals surface area contributed by atoms with Gasteiger partial charge in [-0.05, 0) is 24.6 Å². The number of benzene rings is 1. The van der Waals surface area contributed by atoms with Gasteiger partial charge in [-0.1, -0.05) is 36.4 Å². The lowest BCUT2D eigenvalue weighted by Crippen LogP contribution is -2.47. The van der Waals surface area contributed by atoms with Crippen LogP contribution < -0.4 is 15.1 Å². The van der Waals surface area contributed by atoms with Gasteiger partial charge in [-0.25, -0.2) is 15.0 Å². The minimum atomic E-state index is -0.187. The number of rotatable bonds is 5. The third-order valence-corrected chi connectivity index (χ3v) is 4.93. The van der Waals surface area contributed by atoms with Crippen molar-refractivity contribution in [3.05, 3.63) is 77.9 Å². The van der Waals surface area contributed by atoms with Crippen LogP contribution in [0.1, 0.15) is 21.9 Å². The second-order valence-corrected chi connectivity index (χ2v) is 6.99. The molecule has 1 fully saturated rings. The molecule has 2 aromatic heterocycles. The lowest BCUT2D eigenvalue weighted by atomic mass is 10.2. The Kier molecular flexibility index (Phi) is 5.65. The van der Waals surface area contributed by atoms with E-state index in [1.54, 1.807) is 6.07 Å². The maximum absolute atomic E-state index is 12.6. The summed E-state index contributed by atoms with van der Waals surface area (Å²) >= 11 is 0. The molecule has 0 radical (unpaired) electrons. The standard InChI is InChI=1S/C22H24N6O/c1-17-25-19(22(29)24-16-18-7-3-2-4-8-18)15-21(26-17)28-13-11-27(12-14-28)20-9-5-6-10-23-20/h2-10,15H,11-14,16H2,1H3,(H,24,29). The fourth-order valence-electron chi connectivity index (χ4n) is 3.40. The van der Waals surface area contributed by atoms with E-state index in [0.717, 1.165) is 43.4 Å². The van der Waals surface area contributed by atoms with Crippen molar-refractivity contribution in [3.8, 4) is 0 Å². The predicted octanol–water partition coefficient (Wildman–Crippen LogP) is 2.44. The van der Waals surface area contributed by atoms with Crippen LogP contribution in [0.5, 0.6) is 0 Å². The third kappa shape index (κ3) is 4.68. The highest BCUT2D eigenvalue weighted by molar-refractivity contribution is 5.92. The van der Waals surface area contributed by atoms with E-state index in [4.69, 9.17) is 0 Å². The maximum Gasteiger partial charge on any atom is 0.270 e. The van der Waals surface area contributed by atoms with E-state index in [0.29, 0.717) is 18.1 Å². The largest absolute Gasteiger partial charge is 0.353 e. The number of hydrogen-bond donors (Lipinski definition) is 1. The van der Waals surface area contributed by atoms with Gasteiger partial charge in [-0.3, -0.25) is 4.79 Å². The molecular weight excluding hydrogens is 364 g/mol. The molecule has 4 rings (SSSR count). The molecule has 0 atom stereocenters. The Labute approximate surface area is 170 Å². The summed E-state index contributed by atoms with van der Waals surface area (Å²) < 4.78 is 0. The SMILES string of the molecule is Cc1nc(C(=O)NCc2ccccc2)cc(N2CCN(c3ccccn3)CC2)n1. The van der Waals surface area contributed by atoms with Crippen LogP contribution in [0.4, 0.5) is 11.6 Å². The number of nitrogens with zero attached hydrogens (tertiary/aromatic N) is 5. The number of aryl methyl sites for hydroxylation is 1. The minimum absolute atomic E-state index is 0.187. The monoisotopic (exact) mass is 388 g/mol. The van der Waals surface area contributed by atoms with Crippen LogP contribution in [0.3, 0.4) is 0 Å². The summed E-state index contributed by atoms with van der Waals surface area (Å²) in [6.07, 6.45) is 1.82. The quantitative estimate of drug-likeness (QED) is 0.724. The van der Waals surface area contributed by atoms with E-state index in [9.17, 15) is 4.79 Å². The summed E-state index contributed by atoms with van der Waals surface area (Å²) in [5, 5.41) is 2.94. The fourth-order valence-corrected chi connectivity index (χ4v) is 3.40. The Morgan fingerprint density at radius 2 is 1.62 bits per heavy atom. The van der Waals surface area contributed by atoms with Gasteiger partial charge in [0.15, 0.2) is 0 Å². The van der Waals surface area contributed by atoms with Crippen molar-refractivity contribution < 1.29 is 4.79 Å². The van der Waals surface area contributed by atoms with Crippen molar-refractivity contribution >= 4 is 17.5 Å². The molecule has 1 aromatic carbocycles. The average Bonchev–Trinajstić information content (AvgIpc) is 2.78. The number of pyridine rings is 1. The fraction of sp³-hybridized carbons (Fsp3) is 0.273. The zero-order valence-corrected chi connectivity index (χ0v) is 16.5. The van der Waals surface area contributed by atoms with Crippen LogP contribution in [0, 0.1) is 6.92 Å². The van der Waals surface area contributed by atoms with Crippen LogP contribution in [-0.4, -0.2) is 47.0 Å². The second kappa shape index (κ2) is 8.68. The molecule has 3 heterocycles. The van der Waals surface area contributed by atoms with E-state index in [1.165, 1.54) is 0 Å². The molecule has 7 nitrogen and oxygen atoms in total. The normalized spacial score (nSPS) is 14.0. The Hall–Kier alpha value is -3.48. The molecule has 29 heavy (non-hydrogen) atoms. The Bertz CT molecular complexity index is 956. The van der Waals surface area contributed by atoms with Crippen LogP contribution in [0.2, 0.25) is 0 Å². The molecule has 3 aromatic rings. The highest BCUT2D eigenvalue weighted by Gasteiger charge is 2.21. The zero-order valence-electron chi connectivity index (χ0n) is 16.5. The molecule has 1 aliphatic heterocycles. The summed E-state index contributed by atoms with van der Waals surface area (Å²) in [7, 11) is 0. The van der Waals surface area contributed by atoms with Crippen LogP contribution in [0.25, 0.3) is 0 Å². The smallest absolute Gasteiger partial charge is 0.270 e. The number of hydrogen-bond acceptors (Lipinski definition) is 6. The van der Waals surface area contributed by atoms with Gasteiger partial charge in [0.2, 0.25) is 0 Å². The van der Waals surface area contributed by atoms with Crippen LogP contribution >= 0.6 is 0 Å². The van der Waals surface area contributed by atoms with E-state index >= 15 is 0 Å². The Morgan fingerprint density at radius 3 is 2.31 bits per heavy atom. The summed E-state index contributed by atoms with van der Waals surface area (Å²) in [5.74, 6) is 2.20. The number of carbonyl (C=O) groups is 1. The van der Waals surface area contributed by atoms with Crippen LogP contribution in [0.15, 0.2) is 60.8 Å². The van der Waals surface area contributed by atoms with Gasteiger partial charge in [-0.2, -0.15) is 0 Å². The molecule has 0 bridgehead atoms. The third-order valence-electron chi connectivity index (χ3n) is 4.93. The maximum atomic E-state index is 12.6. The molecule has 148 valence electrons. The molecule has 7 heteroatoms. The first kappa shape index (κ1) is 18.9. The van der Waals surface area contributed by atoms with Crippen molar-refractivity contribution in [2.24, 2.45) is 0 Å². The lowest BCUT2D eigenvalue weighted by molar-refractivity contribution is 0.0945. The molecule has 0 unspecified atom stereocenters. The van der Waals surface area contributed by atoms with Crippen molar-refractivity contribution in [1.82, 2.24) is 20.3 Å². The first-order chi connectivity index (χ1) is 14.2. The zero-order chi connectivity index (χ0) is 20.1. The van der Waals surface area contributed by atoms with Gasteiger partial charge in [0.05, 0.1) is 0 Å². The van der Waals surface area contributed by atoms with E-state index in [1.807, 2.05) is 61.7 Å². The topological polar surface area (TPSA) is 74.2 Å². The van der Waals surface area contributed by atoms with Gasteiger partial charge in [0, 0.05) is 45.0 Å². The minimum Gasteiger partial charge on any atom is -0.353 e. The van der Waals surface area contributed by atoms with Crippen molar-refractivity contribution in [1.29, 1.82) is 0 Å². The molecule has 0 spiro atoms. The van der Waals surface area contributed by atoms with Gasteiger partial charge < -0.3 is 15.1 Å². The highest BCUT2D eigenvalue weighted by atomic mass is 16.1. The molecular formula is C22H24N6O. The van der Waals surface area contributed by atoms with Gasteiger partial charge >= 0.3 is 0 Å². The van der Waals surface area contributed by atoms with Crippen molar-refractivity contribution in [2.45, 2.75) is 13.5 Å². The molecule has 1 N–H and O–H groups in total. The Morgan fingerprint density at radius 1 is 0.931 bits per heavy atom. The number of anilines is 2. The number of nitrogens with one attached hydrogen (secondary N) is 1. The van der Waals surface area contributed by atoms with E-state index in [-0.39, 0.29) is 5.91 Å². The predicted molar refractivity (Wildman–Crippen MR) is 113 cm³/mol. The Balaban J connectivity index is 1.41. The number of carbonyl (C=O) groups excluding carboxylic acids is 1. The van der Waals surface area contributed by atoms with Gasteiger partial charge in [-0.15, -0.1) is 0 Å². The van der Waals surface area contributed by atoms with Crippen LogP contribution in [-0.2, 0) is 6.54 Å². The molecule has 1 saturated heterocycles. The first-order valence-electron chi connectivity index (χ1n) is 9.78. The highest BCUT2D eigenvalue weighted by Crippen LogP contribution is 2.18. The van der Waals surface area contributed by atoms with Crippen molar-refractivity contribution in [2.75, 3.05) is 36.0 Å². The van der Waals surface area contributed by atoms with Crippen molar-refractivity contribution in [3.63, 3.8) is 0 Å². The van der Waals surface area contributed by atoms with E-state index in [2.05, 4.69) is 30.1 Å². The van der Waals surface area contributed by atoms with Gasteiger partial charge in [0.1, 0.15) is 23.2 Å². The second-order valence-electron chi connectivity index (χ2n) is 6.99. The molecule has 0 saturated carbocycles.